The third-order valence-electron chi connectivity index (χ3n) is 6.03. The standard InChI is InChI=1S/C22H29N7O3/c1-13-7-9-29(21(32)22(3,4)27-20(31)16(10-23)14(2)30)11-17(13)28(5)19-15-6-8-24-18(15)25-12-26-19/h6,8,12-13,17,30H,7,9,11H2,1-5H3,(H,27,31)(H,24,25,26)/b16-14+/t13-,17+/m1/s1. The zero-order valence-corrected chi connectivity index (χ0v) is 19.0. The molecule has 2 aromatic rings. The SMILES string of the molecule is C/C(O)=C(/C#N)C(=O)NC(C)(C)C(=O)N1CC[C@@H](C)[C@@H](N(C)c2ncnc3[nH]ccc23)C1. The lowest BCUT2D eigenvalue weighted by atomic mass is 9.90. The first-order valence-corrected chi connectivity index (χ1v) is 10.5. The number of nitrogens with zero attached hydrogens (tertiary/aromatic N) is 5. The fourth-order valence-corrected chi connectivity index (χ4v) is 4.13. The Hall–Kier alpha value is -3.61. The van der Waals surface area contributed by atoms with E-state index in [1.165, 1.54) is 13.3 Å². The highest BCUT2D eigenvalue weighted by Crippen LogP contribution is 2.29. The van der Waals surface area contributed by atoms with Crippen molar-refractivity contribution < 1.29 is 14.7 Å². The number of anilines is 1. The number of aliphatic hydroxyl groups excluding tert-OH is 1. The van der Waals surface area contributed by atoms with Crippen LogP contribution >= 0.6 is 0 Å². The Bertz CT molecular complexity index is 1090. The Morgan fingerprint density at radius 3 is 2.78 bits per heavy atom. The number of aromatic nitrogens is 3. The monoisotopic (exact) mass is 439 g/mol. The summed E-state index contributed by atoms with van der Waals surface area (Å²) in [5, 5.41) is 22.1. The highest BCUT2D eigenvalue weighted by Gasteiger charge is 2.39. The second kappa shape index (κ2) is 8.86. The summed E-state index contributed by atoms with van der Waals surface area (Å²) in [5.74, 6) is -0.310. The maximum absolute atomic E-state index is 13.3. The van der Waals surface area contributed by atoms with E-state index in [4.69, 9.17) is 5.26 Å². The number of likely N-dealkylation sites (tertiary alicyclic amines) is 1. The molecule has 10 nitrogen and oxygen atoms in total. The number of carbonyl (C=O) groups excluding carboxylic acids is 2. The number of rotatable bonds is 5. The molecule has 32 heavy (non-hydrogen) atoms. The summed E-state index contributed by atoms with van der Waals surface area (Å²) in [6.45, 7) is 7.63. The first-order valence-electron chi connectivity index (χ1n) is 10.5. The van der Waals surface area contributed by atoms with E-state index >= 15 is 0 Å². The molecule has 0 saturated carbocycles. The van der Waals surface area contributed by atoms with Crippen LogP contribution in [0, 0.1) is 17.2 Å². The van der Waals surface area contributed by atoms with Crippen molar-refractivity contribution in [3.8, 4) is 6.07 Å². The van der Waals surface area contributed by atoms with E-state index in [0.717, 1.165) is 23.3 Å². The van der Waals surface area contributed by atoms with Crippen LogP contribution < -0.4 is 10.2 Å². The summed E-state index contributed by atoms with van der Waals surface area (Å²) in [6.07, 6.45) is 4.13. The lowest BCUT2D eigenvalue weighted by molar-refractivity contribution is -0.141. The van der Waals surface area contributed by atoms with Gasteiger partial charge in [0.1, 0.15) is 35.2 Å². The van der Waals surface area contributed by atoms with Gasteiger partial charge in [-0.3, -0.25) is 9.59 Å². The fraction of sp³-hybridized carbons (Fsp3) is 0.500. The van der Waals surface area contributed by atoms with Crippen molar-refractivity contribution in [2.24, 2.45) is 5.92 Å². The number of piperidine rings is 1. The minimum atomic E-state index is -1.25. The van der Waals surface area contributed by atoms with Gasteiger partial charge in [-0.1, -0.05) is 6.92 Å². The van der Waals surface area contributed by atoms with Crippen molar-refractivity contribution in [2.45, 2.75) is 45.7 Å². The Balaban J connectivity index is 1.79. The zero-order chi connectivity index (χ0) is 23.6. The molecule has 0 radical (unpaired) electrons. The average molecular weight is 440 g/mol. The number of hydrogen-bond donors (Lipinski definition) is 3. The molecule has 170 valence electrons. The summed E-state index contributed by atoms with van der Waals surface area (Å²) < 4.78 is 0. The number of carbonyl (C=O) groups is 2. The fourth-order valence-electron chi connectivity index (χ4n) is 4.13. The summed E-state index contributed by atoms with van der Waals surface area (Å²) in [6, 6.07) is 3.62. The first kappa shape index (κ1) is 23.1. The van der Waals surface area contributed by atoms with Gasteiger partial charge in [0.25, 0.3) is 5.91 Å². The van der Waals surface area contributed by atoms with Gasteiger partial charge in [-0.15, -0.1) is 0 Å². The number of hydrogen-bond acceptors (Lipinski definition) is 7. The van der Waals surface area contributed by atoms with E-state index in [0.29, 0.717) is 19.0 Å². The van der Waals surface area contributed by atoms with Gasteiger partial charge in [0.2, 0.25) is 5.91 Å². The summed E-state index contributed by atoms with van der Waals surface area (Å²) in [7, 11) is 1.96. The van der Waals surface area contributed by atoms with Crippen molar-refractivity contribution in [1.82, 2.24) is 25.2 Å². The van der Waals surface area contributed by atoms with Gasteiger partial charge in [-0.2, -0.15) is 5.26 Å². The van der Waals surface area contributed by atoms with Crippen molar-refractivity contribution in [1.29, 1.82) is 5.26 Å². The maximum Gasteiger partial charge on any atom is 0.266 e. The molecule has 3 heterocycles. The van der Waals surface area contributed by atoms with Gasteiger partial charge >= 0.3 is 0 Å². The molecule has 2 aromatic heterocycles. The van der Waals surface area contributed by atoms with Crippen molar-refractivity contribution in [2.75, 3.05) is 25.0 Å². The lowest BCUT2D eigenvalue weighted by Gasteiger charge is -2.44. The van der Waals surface area contributed by atoms with Gasteiger partial charge in [0.15, 0.2) is 5.57 Å². The zero-order valence-electron chi connectivity index (χ0n) is 19.0. The summed E-state index contributed by atoms with van der Waals surface area (Å²) in [5.41, 5.74) is -0.904. The van der Waals surface area contributed by atoms with Crippen LogP contribution in [0.15, 0.2) is 29.9 Å². The van der Waals surface area contributed by atoms with Gasteiger partial charge < -0.3 is 25.2 Å². The first-order chi connectivity index (χ1) is 15.1. The predicted molar refractivity (Wildman–Crippen MR) is 120 cm³/mol. The molecule has 1 fully saturated rings. The molecule has 0 bridgehead atoms. The number of aliphatic hydroxyl groups is 1. The number of likely N-dealkylation sites (N-methyl/N-ethyl adjacent to an activating group) is 1. The molecule has 3 N–H and O–H groups in total. The van der Waals surface area contributed by atoms with Crippen LogP contribution in [0.2, 0.25) is 0 Å². The van der Waals surface area contributed by atoms with E-state index in [-0.39, 0.29) is 17.7 Å². The summed E-state index contributed by atoms with van der Waals surface area (Å²) in [4.78, 5) is 41.3. The van der Waals surface area contributed by atoms with E-state index in [9.17, 15) is 14.7 Å². The number of nitrogens with one attached hydrogen (secondary N) is 2. The molecular weight excluding hydrogens is 410 g/mol. The Morgan fingerprint density at radius 2 is 2.12 bits per heavy atom. The second-order valence-electron chi connectivity index (χ2n) is 8.78. The summed E-state index contributed by atoms with van der Waals surface area (Å²) >= 11 is 0. The quantitative estimate of drug-likeness (QED) is 0.367. The average Bonchev–Trinajstić information content (AvgIpc) is 3.22. The van der Waals surface area contributed by atoms with Gasteiger partial charge in [0, 0.05) is 26.3 Å². The van der Waals surface area contributed by atoms with Gasteiger partial charge in [-0.25, -0.2) is 9.97 Å². The Morgan fingerprint density at radius 1 is 1.41 bits per heavy atom. The Kier molecular flexibility index (Phi) is 6.39. The van der Waals surface area contributed by atoms with Crippen molar-refractivity contribution >= 4 is 28.7 Å². The second-order valence-corrected chi connectivity index (χ2v) is 8.78. The van der Waals surface area contributed by atoms with E-state index in [1.54, 1.807) is 24.8 Å². The van der Waals surface area contributed by atoms with Gasteiger partial charge in [-0.05, 0) is 39.2 Å². The number of amides is 2. The molecule has 2 amide bonds. The van der Waals surface area contributed by atoms with Crippen LogP contribution in [0.3, 0.4) is 0 Å². The maximum atomic E-state index is 13.3. The molecule has 0 spiro atoms. The molecule has 1 aliphatic heterocycles. The van der Waals surface area contributed by atoms with Crippen LogP contribution in [0.4, 0.5) is 5.82 Å². The van der Waals surface area contributed by atoms with E-state index in [2.05, 4.69) is 32.1 Å². The number of aromatic amines is 1. The Labute approximate surface area is 186 Å². The minimum Gasteiger partial charge on any atom is -0.511 e. The molecule has 0 unspecified atom stereocenters. The van der Waals surface area contributed by atoms with Gasteiger partial charge in [0.05, 0.1) is 11.4 Å². The predicted octanol–water partition coefficient (Wildman–Crippen LogP) is 1.88. The molecule has 2 atom stereocenters. The minimum absolute atomic E-state index is 0.0152. The number of nitriles is 1. The highest BCUT2D eigenvalue weighted by atomic mass is 16.3. The molecule has 3 rings (SSSR count). The molecule has 0 aromatic carbocycles. The van der Waals surface area contributed by atoms with Crippen LogP contribution in [0.1, 0.15) is 34.1 Å². The smallest absolute Gasteiger partial charge is 0.266 e. The van der Waals surface area contributed by atoms with Crippen LogP contribution in [-0.2, 0) is 9.59 Å². The molecule has 1 saturated heterocycles. The largest absolute Gasteiger partial charge is 0.511 e. The molecule has 10 heteroatoms. The van der Waals surface area contributed by atoms with Crippen LogP contribution in [0.25, 0.3) is 11.0 Å². The van der Waals surface area contributed by atoms with Crippen LogP contribution in [-0.4, -0.2) is 68.5 Å². The molecular formula is C22H29N7O3. The number of allylic oxidation sites excluding steroid dienone is 1. The van der Waals surface area contributed by atoms with Crippen LogP contribution in [0.5, 0.6) is 0 Å². The van der Waals surface area contributed by atoms with Crippen molar-refractivity contribution in [3.63, 3.8) is 0 Å². The van der Waals surface area contributed by atoms with E-state index < -0.39 is 17.0 Å². The number of H-pyrrole nitrogens is 1. The third-order valence-corrected chi connectivity index (χ3v) is 6.03. The highest BCUT2D eigenvalue weighted by molar-refractivity contribution is 6.01. The van der Waals surface area contributed by atoms with E-state index in [1.807, 2.05) is 19.3 Å². The third kappa shape index (κ3) is 4.37. The van der Waals surface area contributed by atoms with Crippen molar-refractivity contribution in [3.05, 3.63) is 29.9 Å². The normalized spacial score (nSPS) is 19.8. The topological polar surface area (TPSA) is 138 Å². The molecule has 0 aliphatic carbocycles. The lowest BCUT2D eigenvalue weighted by Crippen LogP contribution is -2.61. The molecule has 1 aliphatic rings. The number of fused-ring (bicyclic) bond motifs is 1.